The number of hydroxylamine groups is 2. The van der Waals surface area contributed by atoms with Gasteiger partial charge in [0.15, 0.2) is 0 Å². The molecule has 1 aromatic rings. The summed E-state index contributed by atoms with van der Waals surface area (Å²) in [6.45, 7) is 17.7. The molecular formula is C58H96AlIN7O13. The molecule has 1 unspecified atom stereocenters. The Morgan fingerprint density at radius 1 is 0.863 bits per heavy atom. The van der Waals surface area contributed by atoms with Crippen LogP contribution in [0.2, 0.25) is 0 Å². The largest absolute Gasteiger partial charge is 0.0603 e. The minimum atomic E-state index is -1.16. The fraction of sp³-hybridized carbons (Fsp3) is 0.776. The van der Waals surface area contributed by atoms with Gasteiger partial charge in [-0.25, -0.2) is 5.06 Å². The van der Waals surface area contributed by atoms with Crippen LogP contribution in [-0.4, -0.2) is 233 Å². The molecule has 1 aromatic carbocycles. The summed E-state index contributed by atoms with van der Waals surface area (Å²) < 4.78 is 31.4. The molecule has 0 spiro atoms. The van der Waals surface area contributed by atoms with Crippen molar-refractivity contribution in [2.45, 2.75) is 148 Å². The van der Waals surface area contributed by atoms with Gasteiger partial charge < -0.3 is 34.6 Å². The Morgan fingerprint density at radius 2 is 1.54 bits per heavy atom. The maximum atomic E-state index is 14.7. The third-order valence-electron chi connectivity index (χ3n) is 16.6. The van der Waals surface area contributed by atoms with Gasteiger partial charge in [-0.2, -0.15) is 0 Å². The van der Waals surface area contributed by atoms with Crippen LogP contribution in [0, 0.1) is 29.6 Å². The third kappa shape index (κ3) is 17.9. The van der Waals surface area contributed by atoms with Crippen LogP contribution >= 0.6 is 21.2 Å². The summed E-state index contributed by atoms with van der Waals surface area (Å²) in [6.07, 6.45) is 3.05. The number of likely N-dealkylation sites (tertiary alicyclic amines) is 2. The molecule has 11 atom stereocenters. The van der Waals surface area contributed by atoms with E-state index >= 15 is 0 Å². The van der Waals surface area contributed by atoms with E-state index in [1.54, 1.807) is 38.0 Å². The average Bonchev–Trinajstić information content (AvgIpc) is 3.84. The molecule has 1 aliphatic carbocycles. The van der Waals surface area contributed by atoms with Crippen LogP contribution in [0.1, 0.15) is 111 Å². The van der Waals surface area contributed by atoms with Gasteiger partial charge in [0.05, 0.1) is 55.9 Å². The minimum Gasteiger partial charge on any atom is -0.0603 e. The van der Waals surface area contributed by atoms with Gasteiger partial charge in [0, 0.05) is 46.8 Å². The number of ether oxygens (including phenoxy) is 5. The van der Waals surface area contributed by atoms with Crippen LogP contribution in [-0.2, 0) is 62.1 Å². The van der Waals surface area contributed by atoms with E-state index in [0.717, 1.165) is 26.1 Å². The number of amides is 7. The molecule has 5 rings (SSSR count). The number of carbonyl (C=O) groups is 7. The van der Waals surface area contributed by atoms with Crippen molar-refractivity contribution >= 4 is 78.8 Å². The summed E-state index contributed by atoms with van der Waals surface area (Å²) >= 11 is 1.73. The number of alkyl halides is 2. The van der Waals surface area contributed by atoms with E-state index in [9.17, 15) is 33.6 Å². The Morgan fingerprint density at radius 3 is 2.14 bits per heavy atom. The number of methoxy groups -OCH3 is 2. The predicted molar refractivity (Wildman–Crippen MR) is 315 cm³/mol. The first-order chi connectivity index (χ1) is 38.3. The first-order valence-electron chi connectivity index (χ1n) is 29.2. The number of hydrogen-bond acceptors (Lipinski definition) is 14. The molecule has 80 heavy (non-hydrogen) atoms. The SMILES string of the molecule is CC[C@H](C)[C@@H]([C@@H](CC(=O)N1CCC[C@H]1[C@H](OC)[C@@H](C)C(=O)N[C@@]1(C(=O)N2CCCCO2)C[C@@H]1c1ccccc1)OC)N(C)C(=O)[C@@H](NC(=O)[C@H](C(C)C)N(C)CCOCCOCCOCCN1C(=O)CC(C[IH][CH2][AlH])C1=O)C(C)C. The monoisotopic (exact) mass is 1250 g/mol. The molecule has 7 amide bonds. The molecule has 3 heterocycles. The van der Waals surface area contributed by atoms with Crippen molar-refractivity contribution in [1.29, 1.82) is 0 Å². The van der Waals surface area contributed by atoms with Gasteiger partial charge in [-0.15, -0.1) is 0 Å². The van der Waals surface area contributed by atoms with E-state index in [1.165, 1.54) is 9.96 Å². The number of hydrogen-bond donors (Lipinski definition) is 2. The predicted octanol–water partition coefficient (Wildman–Crippen LogP) is 3.59. The van der Waals surface area contributed by atoms with Gasteiger partial charge in [-0.05, 0) is 62.5 Å². The zero-order valence-electron chi connectivity index (χ0n) is 49.8. The first-order valence-corrected chi connectivity index (χ1v) is 33.5. The summed E-state index contributed by atoms with van der Waals surface area (Å²) in [6, 6.07) is 7.34. The van der Waals surface area contributed by atoms with Crippen LogP contribution in [0.5, 0.6) is 0 Å². The van der Waals surface area contributed by atoms with E-state index in [4.69, 9.17) is 28.5 Å². The molecular weight excluding hydrogens is 1160 g/mol. The van der Waals surface area contributed by atoms with E-state index < -0.39 is 47.8 Å². The minimum absolute atomic E-state index is 0.0297. The number of imide groups is 1. The number of nitrogens with one attached hydrogen (secondary N) is 2. The Balaban J connectivity index is 1.13. The summed E-state index contributed by atoms with van der Waals surface area (Å²) in [7, 11) is 6.70. The van der Waals surface area contributed by atoms with Gasteiger partial charge in [-0.1, -0.05) is 85.2 Å². The smallest absolute Gasteiger partial charge is 0.0176 e. The zero-order valence-corrected chi connectivity index (χ0v) is 53.6. The van der Waals surface area contributed by atoms with Gasteiger partial charge in [0.25, 0.3) is 5.91 Å². The van der Waals surface area contributed by atoms with Crippen LogP contribution in [0.25, 0.3) is 0 Å². The molecule has 1 radical (unpaired) electrons. The van der Waals surface area contributed by atoms with Gasteiger partial charge in [0.1, 0.15) is 11.6 Å². The number of halogens is 1. The standard InChI is InChI=1S/C58H95IN7O13.Al.H/c1-13-40(6)51(63(10)56(72)49(38(2)3)60-54(70)50(39(4)5)62(9)25-28-76-30-32-78-33-31-77-29-26-65-47(67)34-43(37-59-8)55(65)71)46(74-11)35-48(68)64-23-19-22-45(64)52(75-12)41(7)53(69)61-58(57(73)66-24-17-18-27-79-66)36-44(58)42-20-15-14-16-21-42;;/h14-16,20-21,38-41,43-46,49-52,59H,8,13,17-19,22-37H2,1-7,9-12H3,(H,60,70)(H,61,69);;/t40-,41+,43?,44+,45-,46+,49-,50-,51-,52+,58-;;/m0../s1. The molecule has 4 aliphatic rings. The number of benzene rings is 1. The Labute approximate surface area is 495 Å². The second-order valence-electron chi connectivity index (χ2n) is 22.8. The van der Waals surface area contributed by atoms with Crippen LogP contribution in [0.15, 0.2) is 30.3 Å². The number of carbonyl (C=O) groups excluding carboxylic acids is 7. The van der Waals surface area contributed by atoms with Crippen molar-refractivity contribution < 1.29 is 62.1 Å². The van der Waals surface area contributed by atoms with Crippen LogP contribution in [0.3, 0.4) is 0 Å². The molecule has 22 heteroatoms. The molecule has 0 bridgehead atoms. The molecule has 4 fully saturated rings. The Bertz CT molecular complexity index is 2160. The van der Waals surface area contributed by atoms with Crippen molar-refractivity contribution in [2.24, 2.45) is 29.6 Å². The van der Waals surface area contributed by atoms with Gasteiger partial charge in [0.2, 0.25) is 23.6 Å². The summed E-state index contributed by atoms with van der Waals surface area (Å²) in [5, 5.41) is 7.69. The second-order valence-corrected chi connectivity index (χ2v) is 28.8. The fourth-order valence-electron chi connectivity index (χ4n) is 11.8. The van der Waals surface area contributed by atoms with Gasteiger partial charge >= 0.3 is 133 Å². The second kappa shape index (κ2) is 33.3. The molecule has 2 N–H and O–H groups in total. The van der Waals surface area contributed by atoms with Crippen molar-refractivity contribution in [3.63, 3.8) is 0 Å². The Kier molecular flexibility index (Phi) is 28.0. The summed E-state index contributed by atoms with van der Waals surface area (Å²) in [4.78, 5) is 110. The van der Waals surface area contributed by atoms with Crippen LogP contribution < -0.4 is 10.6 Å². The molecule has 0 aromatic heterocycles. The molecule has 3 aliphatic heterocycles. The van der Waals surface area contributed by atoms with Crippen molar-refractivity contribution in [1.82, 2.24) is 35.3 Å². The fourth-order valence-corrected chi connectivity index (χ4v) is 14.9. The maximum Gasteiger partial charge on any atom is -0.0176 e. The number of rotatable bonds is 35. The zero-order chi connectivity index (χ0) is 58.7. The molecule has 20 nitrogen and oxygen atoms in total. The number of nitrogens with zero attached hydrogens (tertiary/aromatic N) is 5. The first kappa shape index (κ1) is 67.5. The van der Waals surface area contributed by atoms with E-state index in [1.807, 2.05) is 100 Å². The quantitative estimate of drug-likeness (QED) is 0.0327. The van der Waals surface area contributed by atoms with E-state index in [2.05, 4.69) is 10.6 Å². The summed E-state index contributed by atoms with van der Waals surface area (Å²) in [5.74, 6) is -3.03. The normalized spacial score (nSPS) is 23.1. The van der Waals surface area contributed by atoms with Crippen molar-refractivity contribution in [3.8, 4) is 0 Å². The van der Waals surface area contributed by atoms with Crippen molar-refractivity contribution in [2.75, 3.05) is 108 Å². The van der Waals surface area contributed by atoms with E-state index in [-0.39, 0.29) is 112 Å². The average molecular weight is 1250 g/mol. The summed E-state index contributed by atoms with van der Waals surface area (Å²) in [5.41, 5.74) is -0.195. The topological polar surface area (TPSA) is 215 Å². The molecule has 451 valence electrons. The number of likely N-dealkylation sites (N-methyl/N-ethyl adjacent to an activating group) is 2. The Hall–Kier alpha value is -3.31. The molecule has 3 saturated heterocycles. The third-order valence-corrected chi connectivity index (χ3v) is 21.2. The van der Waals surface area contributed by atoms with Crippen molar-refractivity contribution in [3.05, 3.63) is 35.9 Å². The van der Waals surface area contributed by atoms with Crippen LogP contribution in [0.4, 0.5) is 0 Å². The van der Waals surface area contributed by atoms with Gasteiger partial charge in [-0.3, -0.25) is 33.7 Å². The van der Waals surface area contributed by atoms with E-state index in [0.29, 0.717) is 91.4 Å². The maximum absolute atomic E-state index is 14.7. The molecule has 1 saturated carbocycles.